The number of esters is 1. The van der Waals surface area contributed by atoms with Gasteiger partial charge in [0.15, 0.2) is 0 Å². The molecule has 0 amide bonds. The molecular formula is C33H30N4O13S2-2. The molecule has 0 saturated heterocycles. The Labute approximate surface area is 305 Å². The summed E-state index contributed by atoms with van der Waals surface area (Å²) in [6, 6.07) is 26.8. The molecule has 0 aliphatic rings. The minimum atomic E-state index is -1.54. The van der Waals surface area contributed by atoms with Crippen molar-refractivity contribution in [3.05, 3.63) is 150 Å². The summed E-state index contributed by atoms with van der Waals surface area (Å²) in [6.07, 6.45) is 0. The van der Waals surface area contributed by atoms with Gasteiger partial charge >= 0.3 is 5.97 Å². The number of carboxylic acids is 2. The lowest BCUT2D eigenvalue weighted by molar-refractivity contribution is -0.385. The summed E-state index contributed by atoms with van der Waals surface area (Å²) in [6.45, 7) is 4.46. The highest BCUT2D eigenvalue weighted by molar-refractivity contribution is 7.76. The number of benzene rings is 4. The first-order valence-electron chi connectivity index (χ1n) is 14.1. The van der Waals surface area contributed by atoms with E-state index in [4.69, 9.17) is 9.90 Å². The first kappa shape index (κ1) is 45.3. The number of thiazole rings is 1. The molecule has 4 aromatic carbocycles. The monoisotopic (exact) mass is 754 g/mol. The number of rotatable bonds is 5. The van der Waals surface area contributed by atoms with Crippen LogP contribution in [0.15, 0.2) is 103 Å². The number of aliphatic carboxylic acids is 1. The van der Waals surface area contributed by atoms with Crippen molar-refractivity contribution in [2.45, 2.75) is 20.8 Å². The highest BCUT2D eigenvalue weighted by Gasteiger charge is 2.19. The zero-order valence-electron chi connectivity index (χ0n) is 27.8. The van der Waals surface area contributed by atoms with Gasteiger partial charge in [0.1, 0.15) is 5.56 Å². The van der Waals surface area contributed by atoms with Crippen molar-refractivity contribution in [2.75, 3.05) is 7.11 Å². The molecule has 0 aliphatic heterocycles. The number of carbonyl (C=O) groups is 4. The second kappa shape index (κ2) is 24.4. The van der Waals surface area contributed by atoms with Crippen molar-refractivity contribution in [3.63, 3.8) is 0 Å². The van der Waals surface area contributed by atoms with Crippen LogP contribution in [0.2, 0.25) is 0 Å². The minimum absolute atomic E-state index is 0.0324. The van der Waals surface area contributed by atoms with Crippen molar-refractivity contribution >= 4 is 74.3 Å². The van der Waals surface area contributed by atoms with Crippen LogP contribution in [0.5, 0.6) is 0 Å². The van der Waals surface area contributed by atoms with Crippen molar-refractivity contribution in [2.24, 2.45) is 0 Å². The maximum Gasteiger partial charge on any atom is 0.344 e. The number of aromatic nitrogens is 1. The number of para-hydroxylation sites is 4. The number of non-ortho nitro benzene ring substituents is 1. The highest BCUT2D eigenvalue weighted by atomic mass is 32.1. The van der Waals surface area contributed by atoms with E-state index in [1.165, 1.54) is 61.2 Å². The Morgan fingerprint density at radius 3 is 1.50 bits per heavy atom. The molecule has 0 bridgehead atoms. The Bertz CT molecular complexity index is 1880. The lowest BCUT2D eigenvalue weighted by atomic mass is 10.2. The fourth-order valence-electron chi connectivity index (χ4n) is 3.26. The van der Waals surface area contributed by atoms with E-state index in [2.05, 4.69) is 28.4 Å². The van der Waals surface area contributed by atoms with Gasteiger partial charge in [0.2, 0.25) is 0 Å². The molecule has 1 aromatic heterocycles. The van der Waals surface area contributed by atoms with Crippen LogP contribution in [0.1, 0.15) is 39.6 Å². The number of aryl methyl sites for hydroxylation is 1. The lowest BCUT2D eigenvalue weighted by Gasteiger charge is -2.01. The molecule has 0 spiro atoms. The van der Waals surface area contributed by atoms with Gasteiger partial charge in [0.05, 0.1) is 48.6 Å². The second-order valence-electron chi connectivity index (χ2n) is 9.13. The van der Waals surface area contributed by atoms with Gasteiger partial charge in [-0.05, 0) is 38.1 Å². The third-order valence-corrected chi connectivity index (χ3v) is 6.15. The van der Waals surface area contributed by atoms with Gasteiger partial charge < -0.3 is 37.2 Å². The largest absolute Gasteiger partial charge is 0.742 e. The number of nitrogens with zero attached hydrogens (tertiary/aromatic N) is 4. The first-order valence-corrected chi connectivity index (χ1v) is 15.3. The number of nitro benzene ring substituents is 3. The number of hydrogen-bond donors (Lipinski definition) is 1. The number of carbonyl (C=O) groups excluding carboxylic acids is 3. The number of nitro groups is 3. The number of aromatic carboxylic acids is 1. The molecule has 1 heterocycles. The van der Waals surface area contributed by atoms with E-state index < -0.39 is 43.9 Å². The molecule has 52 heavy (non-hydrogen) atoms. The summed E-state index contributed by atoms with van der Waals surface area (Å²) in [5, 5.41) is 49.3. The summed E-state index contributed by atoms with van der Waals surface area (Å²) in [4.78, 5) is 72.8. The molecule has 274 valence electrons. The van der Waals surface area contributed by atoms with E-state index in [9.17, 15) is 49.8 Å². The third kappa shape index (κ3) is 18.7. The Morgan fingerprint density at radius 1 is 0.712 bits per heavy atom. The molecule has 5 aromatic rings. The predicted molar refractivity (Wildman–Crippen MR) is 191 cm³/mol. The number of carboxylic acid groups (broad SMARTS) is 2. The average molecular weight is 755 g/mol. The highest BCUT2D eigenvalue weighted by Crippen LogP contribution is 2.20. The Kier molecular flexibility index (Phi) is 21.3. The topological polar surface area (TPSA) is 263 Å². The summed E-state index contributed by atoms with van der Waals surface area (Å²) >= 11 is 5.72. The van der Waals surface area contributed by atoms with Gasteiger partial charge in [-0.1, -0.05) is 54.6 Å². The fourth-order valence-corrected chi connectivity index (χ4v) is 4.09. The Balaban J connectivity index is 0.000000627. The minimum Gasteiger partial charge on any atom is -0.742 e. The van der Waals surface area contributed by atoms with Crippen LogP contribution in [-0.4, -0.2) is 55.0 Å². The van der Waals surface area contributed by atoms with Gasteiger partial charge in [-0.3, -0.25) is 35.1 Å². The Hall–Kier alpha value is -6.73. The quantitative estimate of drug-likeness (QED) is 0.0974. The smallest absolute Gasteiger partial charge is 0.344 e. The molecule has 1 N–H and O–H groups in total. The molecular weight excluding hydrogens is 725 g/mol. The number of fused-ring (bicyclic) bond motifs is 1. The van der Waals surface area contributed by atoms with E-state index in [0.717, 1.165) is 29.6 Å². The fraction of sp³-hybridized carbons (Fsp3) is 0.121. The van der Waals surface area contributed by atoms with Crippen LogP contribution in [-0.2, 0) is 27.0 Å². The SMILES string of the molecule is CC(=O)O.CC(=O)[S-].COC(=O)c1ccccc1[N+](=O)[O-].Cc1nc2ccccc2s1.O=C([O-])c1ccccc1[N+](=O)[O-].O=[N+]([O-])c1ccccc1. The van der Waals surface area contributed by atoms with Crippen LogP contribution in [0.4, 0.5) is 17.1 Å². The molecule has 19 heteroatoms. The van der Waals surface area contributed by atoms with Gasteiger partial charge in [0.25, 0.3) is 23.0 Å². The maximum absolute atomic E-state index is 11.0. The summed E-state index contributed by atoms with van der Waals surface area (Å²) in [7, 11) is 1.18. The zero-order chi connectivity index (χ0) is 39.8. The van der Waals surface area contributed by atoms with E-state index in [-0.39, 0.29) is 22.1 Å². The molecule has 0 aliphatic carbocycles. The van der Waals surface area contributed by atoms with E-state index in [1.54, 1.807) is 35.6 Å². The van der Waals surface area contributed by atoms with E-state index >= 15 is 0 Å². The van der Waals surface area contributed by atoms with E-state index in [1.807, 2.05) is 25.1 Å². The summed E-state index contributed by atoms with van der Waals surface area (Å²) in [5.74, 6) is -3.07. The molecule has 0 radical (unpaired) electrons. The zero-order valence-corrected chi connectivity index (χ0v) is 29.4. The van der Waals surface area contributed by atoms with Crippen molar-refractivity contribution in [3.8, 4) is 0 Å². The summed E-state index contributed by atoms with van der Waals surface area (Å²) in [5.41, 5.74) is 0.131. The molecule has 0 fully saturated rings. The van der Waals surface area contributed by atoms with Crippen LogP contribution >= 0.6 is 11.3 Å². The van der Waals surface area contributed by atoms with Gasteiger partial charge in [-0.15, -0.1) is 11.3 Å². The van der Waals surface area contributed by atoms with Crippen LogP contribution in [0.3, 0.4) is 0 Å². The molecule has 5 rings (SSSR count). The maximum atomic E-state index is 11.0. The average Bonchev–Trinajstić information content (AvgIpc) is 3.48. The molecule has 0 unspecified atom stereocenters. The first-order chi connectivity index (χ1) is 24.4. The van der Waals surface area contributed by atoms with Gasteiger partial charge in [0, 0.05) is 36.3 Å². The third-order valence-electron chi connectivity index (χ3n) is 5.19. The van der Waals surface area contributed by atoms with Gasteiger partial charge in [-0.25, -0.2) is 9.78 Å². The molecule has 0 atom stereocenters. The Morgan fingerprint density at radius 2 is 1.12 bits per heavy atom. The number of methoxy groups -OCH3 is 1. The van der Waals surface area contributed by atoms with Crippen molar-refractivity contribution < 1.29 is 48.9 Å². The number of ether oxygens (including phenoxy) is 1. The lowest BCUT2D eigenvalue weighted by Crippen LogP contribution is -2.23. The molecule has 17 nitrogen and oxygen atoms in total. The van der Waals surface area contributed by atoms with Crippen molar-refractivity contribution in [1.82, 2.24) is 4.98 Å². The van der Waals surface area contributed by atoms with Gasteiger partial charge in [-0.2, -0.15) is 0 Å². The van der Waals surface area contributed by atoms with E-state index in [0.29, 0.717) is 0 Å². The van der Waals surface area contributed by atoms with Crippen LogP contribution in [0, 0.1) is 37.3 Å². The standard InChI is InChI=1S/C8H7NO4.C8H7NS.C7H5NO4.C6H5NO2.C2H4O2.C2H4OS/c1-13-8(10)6-4-2-3-5-7(6)9(11)12;1-6-9-7-4-2-3-5-8(7)10-6;9-7(10)5-3-1-2-4-6(5)8(11)12;8-7(9)6-4-2-1-3-5-6;2*1-2(3)4/h2-5H,1H3;2-5H,1H3;1-4H,(H,9,10);1-5H;2*1H3,(H,3,4)/p-2. The summed E-state index contributed by atoms with van der Waals surface area (Å²) < 4.78 is 5.66. The van der Waals surface area contributed by atoms with Crippen LogP contribution in [0.25, 0.3) is 10.2 Å². The number of hydrogen-bond acceptors (Lipinski definition) is 15. The normalized spacial score (nSPS) is 9.00. The predicted octanol–water partition coefficient (Wildman–Crippen LogP) is 5.71. The van der Waals surface area contributed by atoms with Crippen molar-refractivity contribution in [1.29, 1.82) is 0 Å². The molecule has 0 saturated carbocycles. The second-order valence-corrected chi connectivity index (χ2v) is 10.9. The van der Waals surface area contributed by atoms with Crippen LogP contribution < -0.4 is 5.11 Å².